The third-order valence-corrected chi connectivity index (χ3v) is 4.44. The summed E-state index contributed by atoms with van der Waals surface area (Å²) in [5.74, 6) is 0.343. The molecule has 1 N–H and O–H groups in total. The van der Waals surface area contributed by atoms with E-state index in [1.165, 1.54) is 14.2 Å². The van der Waals surface area contributed by atoms with Gasteiger partial charge in [-0.3, -0.25) is 9.59 Å². The van der Waals surface area contributed by atoms with Crippen LogP contribution in [0.15, 0.2) is 36.4 Å². The van der Waals surface area contributed by atoms with Crippen LogP contribution < -0.4 is 14.8 Å². The van der Waals surface area contributed by atoms with Crippen molar-refractivity contribution in [3.05, 3.63) is 52.5 Å². The SMILES string of the molecule is CCN(CC)C(=O)c1cccc(C(=O)Nc2cc(OC)c(Cl)cc2OC)c1. The third kappa shape index (κ3) is 4.71. The summed E-state index contributed by atoms with van der Waals surface area (Å²) in [6, 6.07) is 9.76. The second-order valence-electron chi connectivity index (χ2n) is 5.70. The molecule has 0 bridgehead atoms. The minimum atomic E-state index is -0.369. The molecule has 0 heterocycles. The molecule has 0 unspecified atom stereocenters. The quantitative estimate of drug-likeness (QED) is 0.773. The fourth-order valence-electron chi connectivity index (χ4n) is 2.64. The second-order valence-corrected chi connectivity index (χ2v) is 6.11. The predicted octanol–water partition coefficient (Wildman–Crippen LogP) is 4.09. The van der Waals surface area contributed by atoms with E-state index in [9.17, 15) is 9.59 Å². The zero-order valence-electron chi connectivity index (χ0n) is 15.8. The number of ether oxygens (including phenoxy) is 2. The van der Waals surface area contributed by atoms with E-state index in [0.29, 0.717) is 46.4 Å². The Morgan fingerprint density at radius 1 is 1.00 bits per heavy atom. The number of nitrogens with zero attached hydrogens (tertiary/aromatic N) is 1. The maximum Gasteiger partial charge on any atom is 0.255 e. The Morgan fingerprint density at radius 3 is 2.22 bits per heavy atom. The maximum atomic E-state index is 12.7. The molecule has 2 rings (SSSR count). The van der Waals surface area contributed by atoms with Gasteiger partial charge in [0.05, 0.1) is 24.9 Å². The molecule has 27 heavy (non-hydrogen) atoms. The number of hydrogen-bond donors (Lipinski definition) is 1. The molecule has 7 heteroatoms. The van der Waals surface area contributed by atoms with Crippen molar-refractivity contribution >= 4 is 29.1 Å². The molecule has 144 valence electrons. The highest BCUT2D eigenvalue weighted by atomic mass is 35.5. The van der Waals surface area contributed by atoms with Crippen LogP contribution in [0.1, 0.15) is 34.6 Å². The van der Waals surface area contributed by atoms with Crippen LogP contribution in [-0.2, 0) is 0 Å². The van der Waals surface area contributed by atoms with Crippen molar-refractivity contribution in [3.8, 4) is 11.5 Å². The molecule has 2 aromatic rings. The maximum absolute atomic E-state index is 12.7. The summed E-state index contributed by atoms with van der Waals surface area (Å²) >= 11 is 6.09. The summed E-state index contributed by atoms with van der Waals surface area (Å²) in [5, 5.41) is 3.15. The predicted molar refractivity (Wildman–Crippen MR) is 106 cm³/mol. The van der Waals surface area contributed by atoms with Gasteiger partial charge in [-0.1, -0.05) is 17.7 Å². The lowest BCUT2D eigenvalue weighted by Gasteiger charge is -2.19. The van der Waals surface area contributed by atoms with Crippen molar-refractivity contribution < 1.29 is 19.1 Å². The summed E-state index contributed by atoms with van der Waals surface area (Å²) in [6.07, 6.45) is 0. The molecule has 2 amide bonds. The van der Waals surface area contributed by atoms with Crippen molar-refractivity contribution in [2.75, 3.05) is 32.6 Å². The first-order chi connectivity index (χ1) is 12.9. The number of benzene rings is 2. The molecule has 0 aliphatic rings. The summed E-state index contributed by atoms with van der Waals surface area (Å²) in [4.78, 5) is 26.9. The van der Waals surface area contributed by atoms with Crippen LogP contribution >= 0.6 is 11.6 Å². The van der Waals surface area contributed by atoms with Crippen LogP contribution in [0.4, 0.5) is 5.69 Å². The van der Waals surface area contributed by atoms with Gasteiger partial charge in [-0.2, -0.15) is 0 Å². The highest BCUT2D eigenvalue weighted by Gasteiger charge is 2.17. The van der Waals surface area contributed by atoms with E-state index >= 15 is 0 Å². The molecule has 0 spiro atoms. The van der Waals surface area contributed by atoms with Gasteiger partial charge < -0.3 is 19.7 Å². The van der Waals surface area contributed by atoms with Crippen molar-refractivity contribution in [3.63, 3.8) is 0 Å². The van der Waals surface area contributed by atoms with Gasteiger partial charge in [0.25, 0.3) is 11.8 Å². The van der Waals surface area contributed by atoms with Crippen molar-refractivity contribution in [2.45, 2.75) is 13.8 Å². The van der Waals surface area contributed by atoms with Crippen molar-refractivity contribution in [2.24, 2.45) is 0 Å². The minimum Gasteiger partial charge on any atom is -0.495 e. The van der Waals surface area contributed by atoms with Gasteiger partial charge in [0.2, 0.25) is 0 Å². The Bertz CT molecular complexity index is 835. The summed E-state index contributed by atoms with van der Waals surface area (Å²) in [5.41, 5.74) is 1.25. The lowest BCUT2D eigenvalue weighted by atomic mass is 10.1. The highest BCUT2D eigenvalue weighted by molar-refractivity contribution is 6.32. The average molecular weight is 391 g/mol. The number of nitrogens with one attached hydrogen (secondary N) is 1. The first-order valence-corrected chi connectivity index (χ1v) is 8.95. The van der Waals surface area contributed by atoms with Crippen LogP contribution in [0.5, 0.6) is 11.5 Å². The van der Waals surface area contributed by atoms with E-state index in [2.05, 4.69) is 5.32 Å². The number of amides is 2. The van der Waals surface area contributed by atoms with E-state index < -0.39 is 0 Å². The number of halogens is 1. The molecule has 6 nitrogen and oxygen atoms in total. The summed E-state index contributed by atoms with van der Waals surface area (Å²) in [7, 11) is 2.97. The molecule has 0 fully saturated rings. The molecular weight excluding hydrogens is 368 g/mol. The first kappa shape index (κ1) is 20.6. The standard InChI is InChI=1S/C20H23ClN2O4/c1-5-23(6-2)20(25)14-9-7-8-13(10-14)19(24)22-16-12-17(26-3)15(21)11-18(16)27-4/h7-12H,5-6H2,1-4H3,(H,22,24). The Morgan fingerprint density at radius 2 is 1.63 bits per heavy atom. The van der Waals surface area contributed by atoms with Gasteiger partial charge >= 0.3 is 0 Å². The molecule has 0 aliphatic heterocycles. The summed E-state index contributed by atoms with van der Waals surface area (Å²) < 4.78 is 10.5. The topological polar surface area (TPSA) is 67.9 Å². The number of hydrogen-bond acceptors (Lipinski definition) is 4. The van der Waals surface area contributed by atoms with E-state index in [1.54, 1.807) is 41.3 Å². The third-order valence-electron chi connectivity index (χ3n) is 4.14. The van der Waals surface area contributed by atoms with Gasteiger partial charge in [0.15, 0.2) is 0 Å². The monoisotopic (exact) mass is 390 g/mol. The van der Waals surface area contributed by atoms with E-state index in [0.717, 1.165) is 0 Å². The molecule has 0 aromatic heterocycles. The smallest absolute Gasteiger partial charge is 0.255 e. The number of methoxy groups -OCH3 is 2. The fourth-order valence-corrected chi connectivity index (χ4v) is 2.87. The van der Waals surface area contributed by atoms with Gasteiger partial charge in [0, 0.05) is 36.3 Å². The van der Waals surface area contributed by atoms with Crippen LogP contribution in [0.3, 0.4) is 0 Å². The Balaban J connectivity index is 2.29. The van der Waals surface area contributed by atoms with Gasteiger partial charge in [0.1, 0.15) is 11.5 Å². The molecular formula is C20H23ClN2O4. The zero-order chi connectivity index (χ0) is 20.0. The molecule has 0 aliphatic carbocycles. The Labute approximate surface area is 164 Å². The van der Waals surface area contributed by atoms with Crippen molar-refractivity contribution in [1.29, 1.82) is 0 Å². The normalized spacial score (nSPS) is 10.3. The number of rotatable bonds is 7. The van der Waals surface area contributed by atoms with Crippen LogP contribution in [0.2, 0.25) is 5.02 Å². The number of carbonyl (C=O) groups is 2. The molecule has 2 aromatic carbocycles. The highest BCUT2D eigenvalue weighted by Crippen LogP contribution is 2.36. The molecule has 0 saturated heterocycles. The van der Waals surface area contributed by atoms with Gasteiger partial charge in [-0.25, -0.2) is 0 Å². The Kier molecular flexibility index (Phi) is 7.07. The van der Waals surface area contributed by atoms with Crippen LogP contribution in [-0.4, -0.2) is 44.0 Å². The van der Waals surface area contributed by atoms with Crippen LogP contribution in [0.25, 0.3) is 0 Å². The fraction of sp³-hybridized carbons (Fsp3) is 0.300. The van der Waals surface area contributed by atoms with E-state index in [1.807, 2.05) is 13.8 Å². The lowest BCUT2D eigenvalue weighted by Crippen LogP contribution is -2.30. The second kappa shape index (κ2) is 9.28. The Hall–Kier alpha value is -2.73. The average Bonchev–Trinajstić information content (AvgIpc) is 2.69. The van der Waals surface area contributed by atoms with Crippen molar-refractivity contribution in [1.82, 2.24) is 4.90 Å². The number of carbonyl (C=O) groups excluding carboxylic acids is 2. The van der Waals surface area contributed by atoms with E-state index in [-0.39, 0.29) is 11.8 Å². The summed E-state index contributed by atoms with van der Waals surface area (Å²) in [6.45, 7) is 5.04. The lowest BCUT2D eigenvalue weighted by molar-refractivity contribution is 0.0773. The molecule has 0 atom stereocenters. The van der Waals surface area contributed by atoms with Gasteiger partial charge in [-0.05, 0) is 32.0 Å². The molecule has 0 saturated carbocycles. The zero-order valence-corrected chi connectivity index (χ0v) is 16.6. The molecule has 0 radical (unpaired) electrons. The number of anilines is 1. The largest absolute Gasteiger partial charge is 0.495 e. The van der Waals surface area contributed by atoms with Crippen LogP contribution in [0, 0.1) is 0 Å². The minimum absolute atomic E-state index is 0.111. The first-order valence-electron chi connectivity index (χ1n) is 8.57. The van der Waals surface area contributed by atoms with Gasteiger partial charge in [-0.15, -0.1) is 0 Å². The van der Waals surface area contributed by atoms with E-state index in [4.69, 9.17) is 21.1 Å².